The minimum Gasteiger partial charge on any atom is -0.397 e. The smallest absolute Gasteiger partial charge is 0.255 e. The number of carbonyl (C=O) groups excluding carboxylic acids is 2. The zero-order chi connectivity index (χ0) is 21.6. The maximum Gasteiger partial charge on any atom is 0.255 e. The topological polar surface area (TPSA) is 97.6 Å². The Morgan fingerprint density at radius 1 is 1.13 bits per heavy atom. The van der Waals surface area contributed by atoms with Crippen molar-refractivity contribution in [2.24, 2.45) is 5.92 Å². The first-order chi connectivity index (χ1) is 15.1. The van der Waals surface area contributed by atoms with E-state index in [0.717, 1.165) is 17.7 Å². The second kappa shape index (κ2) is 9.40. The van der Waals surface area contributed by atoms with Crippen molar-refractivity contribution in [3.8, 4) is 0 Å². The van der Waals surface area contributed by atoms with Crippen LogP contribution in [-0.4, -0.2) is 29.9 Å². The highest BCUT2D eigenvalue weighted by Crippen LogP contribution is 2.26. The monoisotopic (exact) mass is 416 g/mol. The van der Waals surface area contributed by atoms with Crippen molar-refractivity contribution in [2.75, 3.05) is 29.1 Å². The lowest BCUT2D eigenvalue weighted by molar-refractivity contribution is -0.122. The lowest BCUT2D eigenvalue weighted by Gasteiger charge is -2.17. The van der Waals surface area contributed by atoms with Crippen LogP contribution >= 0.6 is 0 Å². The fourth-order valence-electron chi connectivity index (χ4n) is 3.55. The highest BCUT2D eigenvalue weighted by atomic mass is 16.5. The molecule has 31 heavy (non-hydrogen) atoms. The Morgan fingerprint density at radius 3 is 2.68 bits per heavy atom. The first-order valence-corrected chi connectivity index (χ1v) is 10.2. The van der Waals surface area contributed by atoms with Gasteiger partial charge in [-0.3, -0.25) is 14.6 Å². The summed E-state index contributed by atoms with van der Waals surface area (Å²) in [5.41, 5.74) is 9.21. The van der Waals surface area contributed by atoms with Gasteiger partial charge in [0.15, 0.2) is 0 Å². The number of ether oxygens (including phenoxy) is 1. The lowest BCUT2D eigenvalue weighted by Crippen LogP contribution is -2.28. The number of aromatic nitrogens is 1. The molecule has 0 radical (unpaired) electrons. The number of amides is 2. The number of carbonyl (C=O) groups is 2. The van der Waals surface area contributed by atoms with Crippen LogP contribution in [0.2, 0.25) is 0 Å². The molecule has 2 amide bonds. The van der Waals surface area contributed by atoms with E-state index in [1.54, 1.807) is 53.7 Å². The Hall–Kier alpha value is -3.71. The summed E-state index contributed by atoms with van der Waals surface area (Å²) in [7, 11) is 0. The van der Waals surface area contributed by atoms with Gasteiger partial charge in [0.25, 0.3) is 5.91 Å². The van der Waals surface area contributed by atoms with E-state index in [0.29, 0.717) is 36.7 Å². The van der Waals surface area contributed by atoms with Gasteiger partial charge in [-0.15, -0.1) is 0 Å². The van der Waals surface area contributed by atoms with Crippen LogP contribution in [0.4, 0.5) is 17.1 Å². The predicted molar refractivity (Wildman–Crippen MR) is 120 cm³/mol. The molecule has 0 aliphatic carbocycles. The standard InChI is InChI=1S/C24H24N4O3/c25-21-5-1-2-6-22(21)27-23(29)18-7-9-20(10-8-18)28-13-11-19(24(28)30)16-31-15-17-4-3-12-26-14-17/h1-10,12,14,19H,11,13,15-16,25H2,(H,27,29). The van der Waals surface area contributed by atoms with Crippen molar-refractivity contribution in [2.45, 2.75) is 13.0 Å². The van der Waals surface area contributed by atoms with Crippen LogP contribution in [0, 0.1) is 5.92 Å². The SMILES string of the molecule is Nc1ccccc1NC(=O)c1ccc(N2CCC(COCc3cccnc3)C2=O)cc1. The number of anilines is 3. The number of rotatable bonds is 7. The van der Waals surface area contributed by atoms with Crippen LogP contribution in [0.5, 0.6) is 0 Å². The Bertz CT molecular complexity index is 1050. The Labute approximate surface area is 180 Å². The maximum absolute atomic E-state index is 12.8. The average Bonchev–Trinajstić information content (AvgIpc) is 3.16. The van der Waals surface area contributed by atoms with E-state index >= 15 is 0 Å². The van der Waals surface area contributed by atoms with Gasteiger partial charge < -0.3 is 20.7 Å². The Kier molecular flexibility index (Phi) is 6.24. The highest BCUT2D eigenvalue weighted by molar-refractivity contribution is 6.06. The van der Waals surface area contributed by atoms with E-state index in [4.69, 9.17) is 10.5 Å². The summed E-state index contributed by atoms with van der Waals surface area (Å²) in [4.78, 5) is 31.1. The molecule has 1 unspecified atom stereocenters. The summed E-state index contributed by atoms with van der Waals surface area (Å²) in [5, 5.41) is 2.80. The lowest BCUT2D eigenvalue weighted by atomic mass is 10.1. The molecule has 158 valence electrons. The summed E-state index contributed by atoms with van der Waals surface area (Å²) >= 11 is 0. The quantitative estimate of drug-likeness (QED) is 0.575. The molecule has 0 spiro atoms. The van der Waals surface area contributed by atoms with E-state index in [-0.39, 0.29) is 17.7 Å². The molecule has 0 saturated carbocycles. The summed E-state index contributed by atoms with van der Waals surface area (Å²) in [6.07, 6.45) is 4.21. The number of pyridine rings is 1. The molecule has 2 aromatic carbocycles. The molecule has 3 N–H and O–H groups in total. The van der Waals surface area contributed by atoms with Crippen LogP contribution in [0.25, 0.3) is 0 Å². The second-order valence-corrected chi connectivity index (χ2v) is 7.44. The minimum absolute atomic E-state index is 0.0421. The van der Waals surface area contributed by atoms with E-state index in [1.807, 2.05) is 24.3 Å². The summed E-state index contributed by atoms with van der Waals surface area (Å²) in [5.74, 6) is -0.375. The number of hydrogen-bond acceptors (Lipinski definition) is 5. The zero-order valence-electron chi connectivity index (χ0n) is 17.0. The van der Waals surface area contributed by atoms with E-state index in [1.165, 1.54) is 0 Å². The molecule has 1 fully saturated rings. The summed E-state index contributed by atoms with van der Waals surface area (Å²) in [6.45, 7) is 1.45. The molecule has 0 bridgehead atoms. The molecule has 1 saturated heterocycles. The van der Waals surface area contributed by atoms with E-state index < -0.39 is 0 Å². The zero-order valence-corrected chi connectivity index (χ0v) is 17.0. The number of nitrogen functional groups attached to an aromatic ring is 1. The van der Waals surface area contributed by atoms with Crippen molar-refractivity contribution < 1.29 is 14.3 Å². The third-order valence-electron chi connectivity index (χ3n) is 5.28. The third kappa shape index (κ3) is 4.90. The van der Waals surface area contributed by atoms with Gasteiger partial charge in [-0.25, -0.2) is 0 Å². The van der Waals surface area contributed by atoms with Gasteiger partial charge in [-0.2, -0.15) is 0 Å². The van der Waals surface area contributed by atoms with Crippen LogP contribution < -0.4 is 16.0 Å². The van der Waals surface area contributed by atoms with Gasteiger partial charge in [-0.05, 0) is 54.4 Å². The largest absolute Gasteiger partial charge is 0.397 e. The average molecular weight is 416 g/mol. The highest BCUT2D eigenvalue weighted by Gasteiger charge is 2.32. The van der Waals surface area contributed by atoms with Crippen LogP contribution in [0.1, 0.15) is 22.3 Å². The van der Waals surface area contributed by atoms with Crippen LogP contribution in [0.15, 0.2) is 73.1 Å². The van der Waals surface area contributed by atoms with Gasteiger partial charge in [0.05, 0.1) is 30.5 Å². The number of nitrogens with one attached hydrogen (secondary N) is 1. The van der Waals surface area contributed by atoms with E-state index in [2.05, 4.69) is 10.3 Å². The fraction of sp³-hybridized carbons (Fsp3) is 0.208. The van der Waals surface area contributed by atoms with Crippen molar-refractivity contribution in [1.29, 1.82) is 0 Å². The Morgan fingerprint density at radius 2 is 1.94 bits per heavy atom. The molecule has 2 heterocycles. The summed E-state index contributed by atoms with van der Waals surface area (Å²) < 4.78 is 5.72. The summed E-state index contributed by atoms with van der Waals surface area (Å²) in [6, 6.07) is 17.9. The number of para-hydroxylation sites is 2. The third-order valence-corrected chi connectivity index (χ3v) is 5.28. The molecule has 3 aromatic rings. The van der Waals surface area contributed by atoms with Gasteiger partial charge in [0.1, 0.15) is 0 Å². The molecule has 1 aliphatic heterocycles. The molecule has 7 heteroatoms. The van der Waals surface area contributed by atoms with Gasteiger partial charge in [0, 0.05) is 30.2 Å². The van der Waals surface area contributed by atoms with Crippen LogP contribution in [-0.2, 0) is 16.1 Å². The number of nitrogens with zero attached hydrogens (tertiary/aromatic N) is 2. The predicted octanol–water partition coefficient (Wildman–Crippen LogP) is 3.49. The van der Waals surface area contributed by atoms with Crippen molar-refractivity contribution >= 4 is 28.9 Å². The van der Waals surface area contributed by atoms with Crippen molar-refractivity contribution in [3.63, 3.8) is 0 Å². The van der Waals surface area contributed by atoms with Gasteiger partial charge >= 0.3 is 0 Å². The molecular formula is C24H24N4O3. The fourth-order valence-corrected chi connectivity index (χ4v) is 3.55. The first kappa shape index (κ1) is 20.6. The molecule has 4 rings (SSSR count). The van der Waals surface area contributed by atoms with Crippen molar-refractivity contribution in [3.05, 3.63) is 84.2 Å². The number of benzene rings is 2. The molecule has 1 aromatic heterocycles. The first-order valence-electron chi connectivity index (χ1n) is 10.2. The molecule has 7 nitrogen and oxygen atoms in total. The molecule has 1 aliphatic rings. The van der Waals surface area contributed by atoms with Crippen LogP contribution in [0.3, 0.4) is 0 Å². The van der Waals surface area contributed by atoms with E-state index in [9.17, 15) is 9.59 Å². The Balaban J connectivity index is 1.33. The van der Waals surface area contributed by atoms with Gasteiger partial charge in [0.2, 0.25) is 5.91 Å². The van der Waals surface area contributed by atoms with Crippen molar-refractivity contribution in [1.82, 2.24) is 4.98 Å². The minimum atomic E-state index is -0.251. The molecular weight excluding hydrogens is 392 g/mol. The number of hydrogen-bond donors (Lipinski definition) is 2. The van der Waals surface area contributed by atoms with Gasteiger partial charge in [-0.1, -0.05) is 18.2 Å². The number of nitrogens with two attached hydrogens (primary N) is 1. The normalized spacial score (nSPS) is 15.8. The maximum atomic E-state index is 12.8. The molecule has 1 atom stereocenters. The second-order valence-electron chi connectivity index (χ2n) is 7.44.